The number of alkyl halides is 3. The molecule has 0 fully saturated rings. The number of hydrogen-bond donors (Lipinski definition) is 1. The summed E-state index contributed by atoms with van der Waals surface area (Å²) in [5.41, 5.74) is 1.21. The average Bonchev–Trinajstić information content (AvgIpc) is 3.16. The highest BCUT2D eigenvalue weighted by Crippen LogP contribution is 2.29. The molecule has 26 heavy (non-hydrogen) atoms. The SMILES string of the molecule is O=C(NCCc1ccc(C(F)(F)F)cc1)c1ccc(-n2cnnn2)cc1. The molecule has 1 amide bonds. The monoisotopic (exact) mass is 361 g/mol. The van der Waals surface area contributed by atoms with E-state index in [1.807, 2.05) is 0 Å². The molecule has 134 valence electrons. The van der Waals surface area contributed by atoms with Crippen LogP contribution in [0.1, 0.15) is 21.5 Å². The van der Waals surface area contributed by atoms with Crippen LogP contribution in [0.15, 0.2) is 54.9 Å². The molecule has 0 atom stereocenters. The maximum Gasteiger partial charge on any atom is 0.416 e. The first-order valence-corrected chi connectivity index (χ1v) is 7.71. The molecule has 0 aliphatic carbocycles. The maximum atomic E-state index is 12.5. The second kappa shape index (κ2) is 7.34. The molecular formula is C17H14F3N5O. The zero-order chi connectivity index (χ0) is 18.6. The highest BCUT2D eigenvalue weighted by Gasteiger charge is 2.29. The van der Waals surface area contributed by atoms with Gasteiger partial charge in [-0.1, -0.05) is 12.1 Å². The summed E-state index contributed by atoms with van der Waals surface area (Å²) in [4.78, 5) is 12.1. The zero-order valence-electron chi connectivity index (χ0n) is 13.4. The summed E-state index contributed by atoms with van der Waals surface area (Å²) in [5.74, 6) is -0.264. The van der Waals surface area contributed by atoms with E-state index in [0.29, 0.717) is 24.1 Å². The number of aromatic nitrogens is 4. The molecule has 0 saturated heterocycles. The second-order valence-corrected chi connectivity index (χ2v) is 5.50. The van der Waals surface area contributed by atoms with Gasteiger partial charge in [-0.3, -0.25) is 4.79 Å². The van der Waals surface area contributed by atoms with Crippen LogP contribution in [-0.4, -0.2) is 32.7 Å². The molecule has 0 bridgehead atoms. The molecule has 1 heterocycles. The standard InChI is InChI=1S/C17H14F3N5O/c18-17(19,20)14-5-1-12(2-6-14)9-10-21-16(26)13-3-7-15(8-4-13)25-11-22-23-24-25/h1-8,11H,9-10H2,(H,21,26). The van der Waals surface area contributed by atoms with Crippen molar-refractivity contribution >= 4 is 5.91 Å². The van der Waals surface area contributed by atoms with Crippen LogP contribution in [0.3, 0.4) is 0 Å². The van der Waals surface area contributed by atoms with Crippen LogP contribution in [0.25, 0.3) is 5.69 Å². The van der Waals surface area contributed by atoms with Crippen LogP contribution in [0, 0.1) is 0 Å². The normalized spacial score (nSPS) is 11.3. The number of carbonyl (C=O) groups excluding carboxylic acids is 1. The molecular weight excluding hydrogens is 347 g/mol. The van der Waals surface area contributed by atoms with Gasteiger partial charge in [0.15, 0.2) is 0 Å². The van der Waals surface area contributed by atoms with Crippen molar-refractivity contribution in [3.05, 3.63) is 71.5 Å². The summed E-state index contributed by atoms with van der Waals surface area (Å²) >= 11 is 0. The predicted octanol–water partition coefficient (Wildman–Crippen LogP) is 2.65. The largest absolute Gasteiger partial charge is 0.416 e. The molecule has 0 aliphatic heterocycles. The van der Waals surface area contributed by atoms with Crippen molar-refractivity contribution in [3.63, 3.8) is 0 Å². The Kier molecular flexibility index (Phi) is 4.97. The van der Waals surface area contributed by atoms with Crippen molar-refractivity contribution in [3.8, 4) is 5.69 Å². The van der Waals surface area contributed by atoms with Gasteiger partial charge in [0.05, 0.1) is 11.3 Å². The van der Waals surface area contributed by atoms with E-state index in [4.69, 9.17) is 0 Å². The van der Waals surface area contributed by atoms with Gasteiger partial charge in [-0.05, 0) is 58.8 Å². The Morgan fingerprint density at radius 1 is 1.04 bits per heavy atom. The molecule has 1 aromatic heterocycles. The number of nitrogens with zero attached hydrogens (tertiary/aromatic N) is 4. The molecule has 2 aromatic carbocycles. The number of tetrazole rings is 1. The molecule has 3 aromatic rings. The van der Waals surface area contributed by atoms with Crippen molar-refractivity contribution < 1.29 is 18.0 Å². The Morgan fingerprint density at radius 3 is 2.31 bits per heavy atom. The van der Waals surface area contributed by atoms with Crippen LogP contribution in [0.5, 0.6) is 0 Å². The fourth-order valence-electron chi connectivity index (χ4n) is 2.33. The summed E-state index contributed by atoms with van der Waals surface area (Å²) in [6, 6.07) is 11.6. The van der Waals surface area contributed by atoms with E-state index in [-0.39, 0.29) is 5.91 Å². The predicted molar refractivity (Wildman–Crippen MR) is 86.6 cm³/mol. The lowest BCUT2D eigenvalue weighted by molar-refractivity contribution is -0.137. The van der Waals surface area contributed by atoms with Crippen LogP contribution in [0.4, 0.5) is 13.2 Å². The van der Waals surface area contributed by atoms with Crippen LogP contribution in [0.2, 0.25) is 0 Å². The Labute approximate surface area is 146 Å². The fourth-order valence-corrected chi connectivity index (χ4v) is 2.33. The lowest BCUT2D eigenvalue weighted by Crippen LogP contribution is -2.25. The van der Waals surface area contributed by atoms with Crippen molar-refractivity contribution in [2.24, 2.45) is 0 Å². The first kappa shape index (κ1) is 17.6. The molecule has 6 nitrogen and oxygen atoms in total. The number of carbonyl (C=O) groups is 1. The van der Waals surface area contributed by atoms with Crippen molar-refractivity contribution in [2.75, 3.05) is 6.54 Å². The minimum atomic E-state index is -4.35. The zero-order valence-corrected chi connectivity index (χ0v) is 13.4. The minimum Gasteiger partial charge on any atom is -0.352 e. The number of hydrogen-bond acceptors (Lipinski definition) is 4. The van der Waals surface area contributed by atoms with E-state index in [9.17, 15) is 18.0 Å². The summed E-state index contributed by atoms with van der Waals surface area (Å²) in [6.45, 7) is 0.318. The van der Waals surface area contributed by atoms with Gasteiger partial charge < -0.3 is 5.32 Å². The molecule has 0 saturated carbocycles. The van der Waals surface area contributed by atoms with Gasteiger partial charge in [-0.25, -0.2) is 4.68 Å². The minimum absolute atomic E-state index is 0.264. The molecule has 1 N–H and O–H groups in total. The number of rotatable bonds is 5. The van der Waals surface area contributed by atoms with Gasteiger partial charge in [-0.15, -0.1) is 5.10 Å². The van der Waals surface area contributed by atoms with Crippen molar-refractivity contribution in [2.45, 2.75) is 12.6 Å². The third-order valence-corrected chi connectivity index (χ3v) is 3.72. The number of halogens is 3. The molecule has 0 radical (unpaired) electrons. The Hall–Kier alpha value is -3.23. The van der Waals surface area contributed by atoms with Crippen LogP contribution < -0.4 is 5.32 Å². The molecule has 9 heteroatoms. The summed E-state index contributed by atoms with van der Waals surface area (Å²) in [7, 11) is 0. The molecule has 0 unspecified atom stereocenters. The van der Waals surface area contributed by atoms with Gasteiger partial charge in [0, 0.05) is 12.1 Å². The topological polar surface area (TPSA) is 72.7 Å². The summed E-state index contributed by atoms with van der Waals surface area (Å²) in [6.07, 6.45) is -2.47. The molecule has 0 spiro atoms. The smallest absolute Gasteiger partial charge is 0.352 e. The first-order chi connectivity index (χ1) is 12.4. The summed E-state index contributed by atoms with van der Waals surface area (Å²) < 4.78 is 39.0. The second-order valence-electron chi connectivity index (χ2n) is 5.50. The quantitative estimate of drug-likeness (QED) is 0.758. The molecule has 0 aliphatic rings. The van der Waals surface area contributed by atoms with E-state index < -0.39 is 11.7 Å². The Morgan fingerprint density at radius 2 is 1.73 bits per heavy atom. The van der Waals surface area contributed by atoms with Crippen molar-refractivity contribution in [1.29, 1.82) is 0 Å². The summed E-state index contributed by atoms with van der Waals surface area (Å²) in [5, 5.41) is 13.6. The van der Waals surface area contributed by atoms with Gasteiger partial charge >= 0.3 is 6.18 Å². The molecule has 3 rings (SSSR count). The highest BCUT2D eigenvalue weighted by molar-refractivity contribution is 5.94. The van der Waals surface area contributed by atoms with E-state index >= 15 is 0 Å². The van der Waals surface area contributed by atoms with Crippen LogP contribution >= 0.6 is 0 Å². The van der Waals surface area contributed by atoms with Gasteiger partial charge in [0.2, 0.25) is 0 Å². The third kappa shape index (κ3) is 4.24. The Balaban J connectivity index is 1.52. The number of benzene rings is 2. The van der Waals surface area contributed by atoms with E-state index in [0.717, 1.165) is 17.8 Å². The average molecular weight is 361 g/mol. The van der Waals surface area contributed by atoms with Gasteiger partial charge in [0.1, 0.15) is 6.33 Å². The Bertz CT molecular complexity index is 859. The lowest BCUT2D eigenvalue weighted by atomic mass is 10.1. The van der Waals surface area contributed by atoms with Crippen LogP contribution in [-0.2, 0) is 12.6 Å². The van der Waals surface area contributed by atoms with Crippen molar-refractivity contribution in [1.82, 2.24) is 25.5 Å². The maximum absolute atomic E-state index is 12.5. The van der Waals surface area contributed by atoms with E-state index in [1.54, 1.807) is 24.3 Å². The lowest BCUT2D eigenvalue weighted by Gasteiger charge is -2.09. The first-order valence-electron chi connectivity index (χ1n) is 7.71. The van der Waals surface area contributed by atoms with E-state index in [2.05, 4.69) is 20.8 Å². The van der Waals surface area contributed by atoms with Gasteiger partial charge in [-0.2, -0.15) is 13.2 Å². The third-order valence-electron chi connectivity index (χ3n) is 3.72. The van der Waals surface area contributed by atoms with Gasteiger partial charge in [0.25, 0.3) is 5.91 Å². The number of nitrogens with one attached hydrogen (secondary N) is 1. The van der Waals surface area contributed by atoms with E-state index in [1.165, 1.54) is 23.1 Å². The highest BCUT2D eigenvalue weighted by atomic mass is 19.4. The number of amides is 1. The fraction of sp³-hybridized carbons (Fsp3) is 0.176.